The lowest BCUT2D eigenvalue weighted by atomic mass is 9.67. The van der Waals surface area contributed by atoms with Crippen molar-refractivity contribution in [2.24, 2.45) is 0 Å². The maximum absolute atomic E-state index is 5.39. The molecule has 0 saturated heterocycles. The van der Waals surface area contributed by atoms with E-state index in [1.807, 2.05) is 17.4 Å². The van der Waals surface area contributed by atoms with Gasteiger partial charge in [0.25, 0.3) is 0 Å². The molecule has 0 aliphatic heterocycles. The standard InChI is InChI=1S/C58H37N3S/c1-4-17-38(18-5-1)41-19-14-20-42(37-41)56-59-55(40-35-33-39(34-36-40)45-27-16-32-52-54(45)47-26-11-13-31-51(47)62-52)60-57(61-56)48-28-15-30-50-53(48)46-25-10-12-29-49(46)58(50,43-21-6-2-7-22-43)44-23-8-3-9-24-44/h1-37H. The maximum Gasteiger partial charge on any atom is 0.164 e. The number of hydrogen-bond acceptors (Lipinski definition) is 4. The second-order valence-corrected chi connectivity index (χ2v) is 16.9. The lowest BCUT2D eigenvalue weighted by Crippen LogP contribution is -2.28. The number of thiophene rings is 1. The molecular formula is C58H37N3S. The average molecular weight is 808 g/mol. The second kappa shape index (κ2) is 14.7. The van der Waals surface area contributed by atoms with Crippen molar-refractivity contribution in [2.45, 2.75) is 5.41 Å². The van der Waals surface area contributed by atoms with Crippen molar-refractivity contribution in [1.29, 1.82) is 0 Å². The Morgan fingerprint density at radius 2 is 0.839 bits per heavy atom. The lowest BCUT2D eigenvalue weighted by molar-refractivity contribution is 0.768. The summed E-state index contributed by atoms with van der Waals surface area (Å²) in [6, 6.07) is 80.4. The van der Waals surface area contributed by atoms with Crippen molar-refractivity contribution in [2.75, 3.05) is 0 Å². The van der Waals surface area contributed by atoms with E-state index in [-0.39, 0.29) is 0 Å². The molecule has 2 aromatic heterocycles. The van der Waals surface area contributed by atoms with E-state index in [0.29, 0.717) is 17.5 Å². The SMILES string of the molecule is c1ccc(-c2cccc(-c3nc(-c4ccc(-c5cccc6sc7ccccc7c56)cc4)nc(-c4cccc5c4-c4ccccc4C5(c4ccccc4)c4ccccc4)n3)c2)cc1. The number of fused-ring (bicyclic) bond motifs is 6. The van der Waals surface area contributed by atoms with E-state index in [0.717, 1.165) is 38.9 Å². The molecule has 0 N–H and O–H groups in total. The Kier molecular flexibility index (Phi) is 8.58. The van der Waals surface area contributed by atoms with E-state index in [2.05, 4.69) is 218 Å². The van der Waals surface area contributed by atoms with Crippen LogP contribution in [0.5, 0.6) is 0 Å². The number of rotatable bonds is 7. The number of hydrogen-bond donors (Lipinski definition) is 0. The number of nitrogens with zero attached hydrogens (tertiary/aromatic N) is 3. The molecule has 0 atom stereocenters. The minimum absolute atomic E-state index is 0.542. The van der Waals surface area contributed by atoms with Gasteiger partial charge >= 0.3 is 0 Å². The summed E-state index contributed by atoms with van der Waals surface area (Å²) >= 11 is 1.84. The number of aromatic nitrogens is 3. The fourth-order valence-electron chi connectivity index (χ4n) is 9.72. The van der Waals surface area contributed by atoms with Crippen LogP contribution in [-0.2, 0) is 5.41 Å². The maximum atomic E-state index is 5.39. The summed E-state index contributed by atoms with van der Waals surface area (Å²) in [5.74, 6) is 1.89. The predicted octanol–water partition coefficient (Wildman–Crippen LogP) is 14.9. The minimum atomic E-state index is -0.542. The van der Waals surface area contributed by atoms with E-state index in [1.54, 1.807) is 0 Å². The van der Waals surface area contributed by atoms with Crippen molar-refractivity contribution in [3.8, 4) is 67.5 Å². The second-order valence-electron chi connectivity index (χ2n) is 15.9. The van der Waals surface area contributed by atoms with Gasteiger partial charge in [0, 0.05) is 36.9 Å². The van der Waals surface area contributed by atoms with E-state index >= 15 is 0 Å². The molecule has 1 aliphatic carbocycles. The third-order valence-corrected chi connectivity index (χ3v) is 13.6. The molecule has 0 bridgehead atoms. The van der Waals surface area contributed by atoms with Gasteiger partial charge in [0.05, 0.1) is 5.41 Å². The molecule has 0 unspecified atom stereocenters. The molecule has 0 saturated carbocycles. The Bertz CT molecular complexity index is 3410. The van der Waals surface area contributed by atoms with Gasteiger partial charge in [0.2, 0.25) is 0 Å². The first-order valence-electron chi connectivity index (χ1n) is 21.0. The molecule has 3 nitrogen and oxygen atoms in total. The quantitative estimate of drug-likeness (QED) is 0.161. The fraction of sp³-hybridized carbons (Fsp3) is 0.0172. The van der Waals surface area contributed by atoms with Crippen LogP contribution in [-0.4, -0.2) is 15.0 Å². The normalized spacial score (nSPS) is 12.6. The summed E-state index contributed by atoms with van der Waals surface area (Å²) in [5, 5.41) is 2.58. The van der Waals surface area contributed by atoms with Crippen LogP contribution in [0, 0.1) is 0 Å². The molecule has 0 amide bonds. The molecule has 1 aliphatic rings. The molecule has 4 heteroatoms. The summed E-state index contributed by atoms with van der Waals surface area (Å²) in [4.78, 5) is 16.0. The first kappa shape index (κ1) is 36.1. The Balaban J connectivity index is 1.07. The van der Waals surface area contributed by atoms with E-state index < -0.39 is 5.41 Å². The monoisotopic (exact) mass is 807 g/mol. The Hall–Kier alpha value is -7.79. The highest BCUT2D eigenvalue weighted by Crippen LogP contribution is 2.58. The van der Waals surface area contributed by atoms with Crippen LogP contribution in [0.1, 0.15) is 22.3 Å². The lowest BCUT2D eigenvalue weighted by Gasteiger charge is -2.33. The first-order valence-corrected chi connectivity index (χ1v) is 21.8. The van der Waals surface area contributed by atoms with E-state index in [4.69, 9.17) is 15.0 Å². The predicted molar refractivity (Wildman–Crippen MR) is 257 cm³/mol. The van der Waals surface area contributed by atoms with Crippen LogP contribution in [0.2, 0.25) is 0 Å². The van der Waals surface area contributed by atoms with Crippen molar-refractivity contribution < 1.29 is 0 Å². The van der Waals surface area contributed by atoms with Gasteiger partial charge in [0.1, 0.15) is 0 Å². The largest absolute Gasteiger partial charge is 0.208 e. The van der Waals surface area contributed by atoms with Crippen molar-refractivity contribution in [3.05, 3.63) is 247 Å². The molecule has 0 spiro atoms. The van der Waals surface area contributed by atoms with E-state index in [1.165, 1.54) is 53.6 Å². The van der Waals surface area contributed by atoms with Crippen LogP contribution in [0.25, 0.3) is 87.7 Å². The highest BCUT2D eigenvalue weighted by molar-refractivity contribution is 7.25. The van der Waals surface area contributed by atoms with Crippen molar-refractivity contribution in [1.82, 2.24) is 15.0 Å². The van der Waals surface area contributed by atoms with Crippen molar-refractivity contribution >= 4 is 31.5 Å². The Morgan fingerprint density at radius 1 is 0.323 bits per heavy atom. The van der Waals surface area contributed by atoms with Crippen molar-refractivity contribution in [3.63, 3.8) is 0 Å². The molecule has 2 heterocycles. The van der Waals surface area contributed by atoms with Crippen LogP contribution in [0.3, 0.4) is 0 Å². The van der Waals surface area contributed by atoms with Crippen LogP contribution in [0.15, 0.2) is 224 Å². The zero-order valence-electron chi connectivity index (χ0n) is 33.6. The summed E-state index contributed by atoms with van der Waals surface area (Å²) in [5.41, 5.74) is 14.1. The highest BCUT2D eigenvalue weighted by atomic mass is 32.1. The van der Waals surface area contributed by atoms with Gasteiger partial charge in [0.15, 0.2) is 17.5 Å². The van der Waals surface area contributed by atoms with Gasteiger partial charge in [-0.25, -0.2) is 15.0 Å². The van der Waals surface area contributed by atoms with Crippen LogP contribution >= 0.6 is 11.3 Å². The third-order valence-electron chi connectivity index (χ3n) is 12.4. The molecule has 11 aromatic rings. The topological polar surface area (TPSA) is 38.7 Å². The first-order chi connectivity index (χ1) is 30.7. The van der Waals surface area contributed by atoms with Gasteiger partial charge < -0.3 is 0 Å². The Morgan fingerprint density at radius 3 is 1.61 bits per heavy atom. The Labute approximate surface area is 364 Å². The number of benzene rings is 9. The smallest absolute Gasteiger partial charge is 0.164 e. The van der Waals surface area contributed by atoms with Gasteiger partial charge in [-0.15, -0.1) is 11.3 Å². The highest BCUT2D eigenvalue weighted by Gasteiger charge is 2.47. The molecule has 62 heavy (non-hydrogen) atoms. The summed E-state index contributed by atoms with van der Waals surface area (Å²) < 4.78 is 2.59. The summed E-state index contributed by atoms with van der Waals surface area (Å²) in [6.45, 7) is 0. The van der Waals surface area contributed by atoms with Gasteiger partial charge in [-0.2, -0.15) is 0 Å². The summed E-state index contributed by atoms with van der Waals surface area (Å²) in [7, 11) is 0. The third kappa shape index (κ3) is 5.76. The average Bonchev–Trinajstić information content (AvgIpc) is 3.89. The fourth-order valence-corrected chi connectivity index (χ4v) is 10.8. The molecule has 0 fully saturated rings. The molecule has 12 rings (SSSR count). The van der Waals surface area contributed by atoms with Crippen LogP contribution < -0.4 is 0 Å². The van der Waals surface area contributed by atoms with Gasteiger partial charge in [-0.1, -0.05) is 206 Å². The summed E-state index contributed by atoms with van der Waals surface area (Å²) in [6.07, 6.45) is 0. The zero-order valence-corrected chi connectivity index (χ0v) is 34.4. The van der Waals surface area contributed by atoms with E-state index in [9.17, 15) is 0 Å². The van der Waals surface area contributed by atoms with Gasteiger partial charge in [-0.3, -0.25) is 0 Å². The van der Waals surface area contributed by atoms with Gasteiger partial charge in [-0.05, 0) is 73.8 Å². The molecule has 0 radical (unpaired) electrons. The minimum Gasteiger partial charge on any atom is -0.208 e. The zero-order chi connectivity index (χ0) is 41.0. The molecular weight excluding hydrogens is 771 g/mol. The molecule has 9 aromatic carbocycles. The van der Waals surface area contributed by atoms with Crippen LogP contribution in [0.4, 0.5) is 0 Å². The molecule has 290 valence electrons.